The molecule has 0 saturated carbocycles. The molecule has 2 aromatic rings. The van der Waals surface area contributed by atoms with Gasteiger partial charge in [0.25, 0.3) is 0 Å². The predicted octanol–water partition coefficient (Wildman–Crippen LogP) is 2.34. The molecule has 3 rings (SSSR count). The molecule has 0 spiro atoms. The molecule has 7 heteroatoms. The number of carbonyl (C=O) groups is 2. The Labute approximate surface area is 163 Å². The van der Waals surface area contributed by atoms with Crippen LogP contribution in [0.3, 0.4) is 0 Å². The Morgan fingerprint density at radius 3 is 2.50 bits per heavy atom. The molecule has 0 aliphatic heterocycles. The number of rotatable bonds is 8. The molecule has 144 valence electrons. The molecule has 0 fully saturated rings. The van der Waals surface area contributed by atoms with Crippen molar-refractivity contribution in [2.24, 2.45) is 0 Å². The SMILES string of the molecule is C=C(C)N(Cc1cnccn1)C1=C(NCCOC)C(=O)c2ccccc2C1=O. The Morgan fingerprint density at radius 1 is 1.18 bits per heavy atom. The van der Waals surface area contributed by atoms with Crippen LogP contribution >= 0.6 is 0 Å². The normalized spacial score (nSPS) is 13.4. The highest BCUT2D eigenvalue weighted by Gasteiger charge is 2.35. The Balaban J connectivity index is 2.09. The largest absolute Gasteiger partial charge is 0.383 e. The van der Waals surface area contributed by atoms with Gasteiger partial charge in [-0.3, -0.25) is 19.6 Å². The summed E-state index contributed by atoms with van der Waals surface area (Å²) in [6.45, 7) is 6.85. The topological polar surface area (TPSA) is 84.4 Å². The van der Waals surface area contributed by atoms with Crippen LogP contribution in [0.5, 0.6) is 0 Å². The Hall–Kier alpha value is -3.32. The molecule has 0 atom stereocenters. The van der Waals surface area contributed by atoms with E-state index in [9.17, 15) is 9.59 Å². The van der Waals surface area contributed by atoms with Crippen LogP contribution in [0, 0.1) is 0 Å². The van der Waals surface area contributed by atoms with Crippen LogP contribution in [0.2, 0.25) is 0 Å². The molecule has 7 nitrogen and oxygen atoms in total. The fourth-order valence-corrected chi connectivity index (χ4v) is 3.04. The fourth-order valence-electron chi connectivity index (χ4n) is 3.04. The number of nitrogens with one attached hydrogen (secondary N) is 1. The van der Waals surface area contributed by atoms with Crippen molar-refractivity contribution in [2.45, 2.75) is 13.5 Å². The van der Waals surface area contributed by atoms with Crippen molar-refractivity contribution >= 4 is 11.6 Å². The molecule has 0 saturated heterocycles. The molecule has 1 N–H and O–H groups in total. The highest BCUT2D eigenvalue weighted by Crippen LogP contribution is 2.29. The van der Waals surface area contributed by atoms with Gasteiger partial charge in [-0.1, -0.05) is 30.8 Å². The highest BCUT2D eigenvalue weighted by molar-refractivity contribution is 6.26. The molecule has 0 unspecified atom stereocenters. The first-order valence-corrected chi connectivity index (χ1v) is 8.88. The summed E-state index contributed by atoms with van der Waals surface area (Å²) < 4.78 is 5.07. The number of Topliss-reactive ketones (excluding diaryl/α,β-unsaturated/α-hetero) is 2. The van der Waals surface area contributed by atoms with E-state index in [1.54, 1.807) is 61.8 Å². The lowest BCUT2D eigenvalue weighted by atomic mass is 9.89. The Morgan fingerprint density at radius 2 is 1.89 bits per heavy atom. The van der Waals surface area contributed by atoms with Gasteiger partial charge in [0.05, 0.1) is 25.0 Å². The number of ether oxygens (including phenoxy) is 1. The minimum Gasteiger partial charge on any atom is -0.383 e. The predicted molar refractivity (Wildman–Crippen MR) is 104 cm³/mol. The van der Waals surface area contributed by atoms with Gasteiger partial charge >= 0.3 is 0 Å². The summed E-state index contributed by atoms with van der Waals surface area (Å²) in [4.78, 5) is 36.5. The minimum absolute atomic E-state index is 0.230. The number of aromatic nitrogens is 2. The van der Waals surface area contributed by atoms with Gasteiger partial charge in [-0.25, -0.2) is 0 Å². The molecule has 1 aromatic heterocycles. The van der Waals surface area contributed by atoms with E-state index >= 15 is 0 Å². The van der Waals surface area contributed by atoms with Crippen LogP contribution in [0.1, 0.15) is 33.3 Å². The summed E-state index contributed by atoms with van der Waals surface area (Å²) in [5, 5.41) is 3.08. The molecule has 1 aromatic carbocycles. The van der Waals surface area contributed by atoms with Crippen LogP contribution in [-0.2, 0) is 11.3 Å². The zero-order chi connectivity index (χ0) is 20.1. The summed E-state index contributed by atoms with van der Waals surface area (Å²) in [7, 11) is 1.58. The quantitative estimate of drug-likeness (QED) is 0.706. The minimum atomic E-state index is -0.234. The summed E-state index contributed by atoms with van der Waals surface area (Å²) in [5.41, 5.74) is 2.55. The summed E-state index contributed by atoms with van der Waals surface area (Å²) >= 11 is 0. The Bertz CT molecular complexity index is 938. The molecule has 1 heterocycles. The second kappa shape index (κ2) is 8.58. The van der Waals surface area contributed by atoms with Gasteiger partial charge in [0.15, 0.2) is 0 Å². The van der Waals surface area contributed by atoms with Gasteiger partial charge in [-0.2, -0.15) is 0 Å². The van der Waals surface area contributed by atoms with E-state index in [1.165, 1.54) is 0 Å². The molecule has 0 radical (unpaired) electrons. The summed E-state index contributed by atoms with van der Waals surface area (Å²) in [6.07, 6.45) is 4.79. The second-order valence-electron chi connectivity index (χ2n) is 6.37. The van der Waals surface area contributed by atoms with Crippen molar-refractivity contribution < 1.29 is 14.3 Å². The Kier molecular flexibility index (Phi) is 5.96. The zero-order valence-electron chi connectivity index (χ0n) is 15.9. The number of allylic oxidation sites excluding steroid dienone is 3. The van der Waals surface area contributed by atoms with E-state index in [0.717, 1.165) is 0 Å². The third kappa shape index (κ3) is 3.84. The molecular formula is C21H22N4O3. The highest BCUT2D eigenvalue weighted by atomic mass is 16.5. The maximum atomic E-state index is 13.3. The van der Waals surface area contributed by atoms with Gasteiger partial charge in [0, 0.05) is 42.9 Å². The standard InChI is InChI=1S/C21H22N4O3/c1-14(2)25(13-15-12-22-8-9-23-15)19-18(24-10-11-28-3)20(26)16-6-4-5-7-17(16)21(19)27/h4-9,12,24H,1,10-11,13H2,2-3H3. The summed E-state index contributed by atoms with van der Waals surface area (Å²) in [6, 6.07) is 6.83. The first-order valence-electron chi connectivity index (χ1n) is 8.88. The lowest BCUT2D eigenvalue weighted by Gasteiger charge is -2.31. The van der Waals surface area contributed by atoms with Crippen molar-refractivity contribution in [3.8, 4) is 0 Å². The number of fused-ring (bicyclic) bond motifs is 1. The van der Waals surface area contributed by atoms with Crippen LogP contribution in [0.25, 0.3) is 0 Å². The molecule has 0 amide bonds. The number of hydrogen-bond donors (Lipinski definition) is 1. The van der Waals surface area contributed by atoms with Crippen LogP contribution in [-0.4, -0.2) is 46.7 Å². The van der Waals surface area contributed by atoms with E-state index in [4.69, 9.17) is 4.74 Å². The van der Waals surface area contributed by atoms with E-state index in [2.05, 4.69) is 21.9 Å². The zero-order valence-corrected chi connectivity index (χ0v) is 15.9. The average Bonchev–Trinajstić information content (AvgIpc) is 2.71. The number of methoxy groups -OCH3 is 1. The van der Waals surface area contributed by atoms with Gasteiger partial charge in [0.1, 0.15) is 11.4 Å². The first-order chi connectivity index (χ1) is 13.5. The third-order valence-corrected chi connectivity index (χ3v) is 4.37. The van der Waals surface area contributed by atoms with Crippen molar-refractivity contribution in [2.75, 3.05) is 20.3 Å². The fraction of sp³-hybridized carbons (Fsp3) is 0.238. The van der Waals surface area contributed by atoms with Crippen molar-refractivity contribution in [1.82, 2.24) is 20.2 Å². The van der Waals surface area contributed by atoms with E-state index in [1.807, 2.05) is 0 Å². The molecule has 1 aliphatic carbocycles. The maximum absolute atomic E-state index is 13.3. The maximum Gasteiger partial charge on any atom is 0.212 e. The monoisotopic (exact) mass is 378 g/mol. The number of ketones is 2. The first kappa shape index (κ1) is 19.4. The molecule has 1 aliphatic rings. The molecule has 28 heavy (non-hydrogen) atoms. The van der Waals surface area contributed by atoms with Crippen LogP contribution in [0.4, 0.5) is 0 Å². The van der Waals surface area contributed by atoms with E-state index in [-0.39, 0.29) is 29.5 Å². The van der Waals surface area contributed by atoms with Crippen molar-refractivity contribution in [1.29, 1.82) is 0 Å². The van der Waals surface area contributed by atoms with Crippen molar-refractivity contribution in [3.63, 3.8) is 0 Å². The lowest BCUT2D eigenvalue weighted by Crippen LogP contribution is -2.38. The summed E-state index contributed by atoms with van der Waals surface area (Å²) in [5.74, 6) is -0.464. The van der Waals surface area contributed by atoms with Gasteiger partial charge in [-0.15, -0.1) is 0 Å². The number of benzene rings is 1. The average molecular weight is 378 g/mol. The van der Waals surface area contributed by atoms with E-state index < -0.39 is 0 Å². The second-order valence-corrected chi connectivity index (χ2v) is 6.37. The smallest absolute Gasteiger partial charge is 0.212 e. The number of nitrogens with zero attached hydrogens (tertiary/aromatic N) is 3. The third-order valence-electron chi connectivity index (χ3n) is 4.37. The van der Waals surface area contributed by atoms with Gasteiger partial charge < -0.3 is 15.0 Å². The van der Waals surface area contributed by atoms with Crippen molar-refractivity contribution in [3.05, 3.63) is 83.3 Å². The number of hydrogen-bond acceptors (Lipinski definition) is 7. The molecule has 0 bridgehead atoms. The molecular weight excluding hydrogens is 356 g/mol. The van der Waals surface area contributed by atoms with E-state index in [0.29, 0.717) is 35.7 Å². The van der Waals surface area contributed by atoms with Crippen LogP contribution < -0.4 is 5.32 Å². The number of carbonyl (C=O) groups excluding carboxylic acids is 2. The van der Waals surface area contributed by atoms with Crippen LogP contribution in [0.15, 0.2) is 66.5 Å². The lowest BCUT2D eigenvalue weighted by molar-refractivity contribution is 0.0939. The van der Waals surface area contributed by atoms with Gasteiger partial charge in [0.2, 0.25) is 11.6 Å². The van der Waals surface area contributed by atoms with Gasteiger partial charge in [-0.05, 0) is 6.92 Å².